The minimum absolute atomic E-state index is 0.397. The Kier molecular flexibility index (Phi) is 3.62. The molecule has 1 aromatic carbocycles. The molecule has 3 aliphatic rings. The summed E-state index contributed by atoms with van der Waals surface area (Å²) < 4.78 is 2.02. The van der Waals surface area contributed by atoms with Gasteiger partial charge >= 0.3 is 5.97 Å². The zero-order valence-electron chi connectivity index (χ0n) is 13.5. The molecule has 23 heavy (non-hydrogen) atoms. The highest BCUT2D eigenvalue weighted by molar-refractivity contribution is 6.04. The van der Waals surface area contributed by atoms with E-state index in [4.69, 9.17) is 0 Å². The molecule has 1 aromatic heterocycles. The van der Waals surface area contributed by atoms with Crippen LogP contribution in [-0.4, -0.2) is 46.2 Å². The van der Waals surface area contributed by atoms with Gasteiger partial charge in [-0.25, -0.2) is 4.79 Å². The first-order valence-corrected chi connectivity index (χ1v) is 8.39. The number of hydrogen-bond donors (Lipinski definition) is 2. The quantitative estimate of drug-likeness (QED) is 0.907. The molecule has 122 valence electrons. The van der Waals surface area contributed by atoms with Crippen molar-refractivity contribution in [2.75, 3.05) is 19.6 Å². The summed E-state index contributed by atoms with van der Waals surface area (Å²) in [6.07, 6.45) is 4.63. The van der Waals surface area contributed by atoms with Gasteiger partial charge in [0.15, 0.2) is 0 Å². The summed E-state index contributed by atoms with van der Waals surface area (Å²) >= 11 is 0. The molecule has 0 radical (unpaired) electrons. The normalized spacial score (nSPS) is 26.7. The van der Waals surface area contributed by atoms with Gasteiger partial charge in [0, 0.05) is 43.3 Å². The maximum absolute atomic E-state index is 11.6. The van der Waals surface area contributed by atoms with Crippen LogP contribution < -0.4 is 5.32 Å². The Morgan fingerprint density at radius 1 is 1.35 bits per heavy atom. The first-order chi connectivity index (χ1) is 11.1. The number of hydrogen-bond acceptors (Lipinski definition) is 3. The van der Waals surface area contributed by atoms with Crippen molar-refractivity contribution in [2.24, 2.45) is 13.0 Å². The summed E-state index contributed by atoms with van der Waals surface area (Å²) in [7, 11) is 1.98. The lowest BCUT2D eigenvalue weighted by atomic mass is 9.84. The van der Waals surface area contributed by atoms with Gasteiger partial charge in [0.1, 0.15) is 0 Å². The van der Waals surface area contributed by atoms with Gasteiger partial charge in [0.05, 0.1) is 5.56 Å². The molecule has 3 fully saturated rings. The van der Waals surface area contributed by atoms with E-state index in [-0.39, 0.29) is 0 Å². The van der Waals surface area contributed by atoms with E-state index in [9.17, 15) is 9.90 Å². The first kappa shape index (κ1) is 14.7. The number of nitrogens with one attached hydrogen (secondary N) is 1. The fraction of sp³-hybridized carbons (Fsp3) is 0.500. The molecule has 5 nitrogen and oxygen atoms in total. The van der Waals surface area contributed by atoms with Crippen molar-refractivity contribution in [3.63, 3.8) is 0 Å². The molecule has 4 heterocycles. The highest BCUT2D eigenvalue weighted by atomic mass is 16.4. The van der Waals surface area contributed by atoms with E-state index in [1.165, 1.54) is 25.9 Å². The van der Waals surface area contributed by atoms with Gasteiger partial charge in [-0.1, -0.05) is 6.07 Å². The SMILES string of the molecule is Cn1cc(CNC2CN3CCC2CC3)c2c(C(=O)O)cccc21. The van der Waals surface area contributed by atoms with Gasteiger partial charge < -0.3 is 19.9 Å². The smallest absolute Gasteiger partial charge is 0.336 e. The topological polar surface area (TPSA) is 57.5 Å². The highest BCUT2D eigenvalue weighted by Crippen LogP contribution is 2.29. The highest BCUT2D eigenvalue weighted by Gasteiger charge is 2.33. The third-order valence-corrected chi connectivity index (χ3v) is 5.53. The van der Waals surface area contributed by atoms with Crippen molar-refractivity contribution < 1.29 is 9.90 Å². The molecule has 3 aliphatic heterocycles. The van der Waals surface area contributed by atoms with Crippen LogP contribution in [-0.2, 0) is 13.6 Å². The zero-order chi connectivity index (χ0) is 16.0. The van der Waals surface area contributed by atoms with Gasteiger partial charge in [-0.2, -0.15) is 0 Å². The van der Waals surface area contributed by atoms with E-state index in [1.807, 2.05) is 23.7 Å². The number of carboxylic acid groups (broad SMARTS) is 1. The zero-order valence-corrected chi connectivity index (χ0v) is 13.5. The minimum Gasteiger partial charge on any atom is -0.478 e. The molecule has 5 rings (SSSR count). The van der Waals surface area contributed by atoms with Crippen molar-refractivity contribution in [3.8, 4) is 0 Å². The molecule has 0 saturated carbocycles. The number of fused-ring (bicyclic) bond motifs is 4. The Morgan fingerprint density at radius 2 is 2.13 bits per heavy atom. The van der Waals surface area contributed by atoms with Crippen LogP contribution in [0.5, 0.6) is 0 Å². The van der Waals surface area contributed by atoms with E-state index in [2.05, 4.69) is 16.4 Å². The van der Waals surface area contributed by atoms with Crippen LogP contribution >= 0.6 is 0 Å². The summed E-state index contributed by atoms with van der Waals surface area (Å²) in [5, 5.41) is 14.0. The van der Waals surface area contributed by atoms with Gasteiger partial charge in [-0.3, -0.25) is 0 Å². The average Bonchev–Trinajstić information content (AvgIpc) is 2.90. The Labute approximate surface area is 135 Å². The Bertz CT molecular complexity index is 744. The number of nitrogens with zero attached hydrogens (tertiary/aromatic N) is 2. The largest absolute Gasteiger partial charge is 0.478 e. The van der Waals surface area contributed by atoms with Crippen molar-refractivity contribution in [1.29, 1.82) is 0 Å². The van der Waals surface area contributed by atoms with E-state index < -0.39 is 5.97 Å². The second-order valence-corrected chi connectivity index (χ2v) is 6.90. The predicted molar refractivity (Wildman–Crippen MR) is 89.7 cm³/mol. The maximum atomic E-state index is 11.6. The summed E-state index contributed by atoms with van der Waals surface area (Å²) in [6.45, 7) is 4.33. The average molecular weight is 313 g/mol. The van der Waals surface area contributed by atoms with Gasteiger partial charge in [0.25, 0.3) is 0 Å². The van der Waals surface area contributed by atoms with E-state index in [0.29, 0.717) is 11.6 Å². The lowest BCUT2D eigenvalue weighted by Gasteiger charge is -2.45. The number of carbonyl (C=O) groups is 1. The van der Waals surface area contributed by atoms with Gasteiger partial charge in [-0.15, -0.1) is 0 Å². The predicted octanol–water partition coefficient (Wildman–Crippen LogP) is 2.06. The number of aryl methyl sites for hydroxylation is 1. The summed E-state index contributed by atoms with van der Waals surface area (Å²) in [5.41, 5.74) is 2.46. The van der Waals surface area contributed by atoms with E-state index >= 15 is 0 Å². The third kappa shape index (κ3) is 2.54. The van der Waals surface area contributed by atoms with Crippen LogP contribution in [0.3, 0.4) is 0 Å². The second-order valence-electron chi connectivity index (χ2n) is 6.90. The van der Waals surface area contributed by atoms with Crippen molar-refractivity contribution >= 4 is 16.9 Å². The van der Waals surface area contributed by atoms with Crippen LogP contribution in [0.4, 0.5) is 0 Å². The van der Waals surface area contributed by atoms with Crippen LogP contribution in [0.1, 0.15) is 28.8 Å². The maximum Gasteiger partial charge on any atom is 0.336 e. The molecule has 3 saturated heterocycles. The van der Waals surface area contributed by atoms with E-state index in [0.717, 1.165) is 35.5 Å². The van der Waals surface area contributed by atoms with Crippen LogP contribution in [0.25, 0.3) is 10.9 Å². The van der Waals surface area contributed by atoms with Crippen molar-refractivity contribution in [3.05, 3.63) is 35.5 Å². The van der Waals surface area contributed by atoms with Gasteiger partial charge in [-0.05, 0) is 49.5 Å². The monoisotopic (exact) mass is 313 g/mol. The Morgan fingerprint density at radius 3 is 2.78 bits per heavy atom. The summed E-state index contributed by atoms with van der Waals surface area (Å²) in [6, 6.07) is 6.03. The molecule has 0 spiro atoms. The number of aromatic nitrogens is 1. The number of piperidine rings is 3. The Hall–Kier alpha value is -1.85. The fourth-order valence-electron chi connectivity index (χ4n) is 4.29. The molecule has 2 aromatic rings. The van der Waals surface area contributed by atoms with Gasteiger partial charge in [0.2, 0.25) is 0 Å². The molecule has 0 amide bonds. The second kappa shape index (κ2) is 5.65. The van der Waals surface area contributed by atoms with Crippen LogP contribution in [0.15, 0.2) is 24.4 Å². The summed E-state index contributed by atoms with van der Waals surface area (Å²) in [5.74, 6) is -0.0835. The molecule has 2 N–H and O–H groups in total. The molecular formula is C18H23N3O2. The lowest BCUT2D eigenvalue weighted by molar-refractivity contribution is 0.0698. The molecule has 1 atom stereocenters. The minimum atomic E-state index is -0.856. The van der Waals surface area contributed by atoms with E-state index in [1.54, 1.807) is 6.07 Å². The number of rotatable bonds is 4. The first-order valence-electron chi connectivity index (χ1n) is 8.39. The number of carboxylic acids is 1. The molecule has 2 bridgehead atoms. The summed E-state index contributed by atoms with van der Waals surface area (Å²) in [4.78, 5) is 14.1. The fourth-order valence-corrected chi connectivity index (χ4v) is 4.29. The molecular weight excluding hydrogens is 290 g/mol. The van der Waals surface area contributed by atoms with Crippen LogP contribution in [0, 0.1) is 5.92 Å². The molecule has 5 heteroatoms. The number of aromatic carboxylic acids is 1. The molecule has 0 aliphatic carbocycles. The molecule has 1 unspecified atom stereocenters. The Balaban J connectivity index is 1.60. The van der Waals surface area contributed by atoms with Crippen molar-refractivity contribution in [2.45, 2.75) is 25.4 Å². The number of benzene rings is 1. The van der Waals surface area contributed by atoms with Crippen molar-refractivity contribution in [1.82, 2.24) is 14.8 Å². The van der Waals surface area contributed by atoms with Crippen LogP contribution in [0.2, 0.25) is 0 Å². The third-order valence-electron chi connectivity index (χ3n) is 5.53. The lowest BCUT2D eigenvalue weighted by Crippen LogP contribution is -2.55. The standard InChI is InChI=1S/C18H23N3O2/c1-20-10-13(17-14(18(22)23)3-2-4-16(17)20)9-19-15-11-21-7-5-12(15)6-8-21/h2-4,10,12,15,19H,5-9,11H2,1H3,(H,22,23).